The summed E-state index contributed by atoms with van der Waals surface area (Å²) in [4.78, 5) is 24.9. The molecular weight excluding hydrogens is 354 g/mol. The number of nitrogens with two attached hydrogens (primary N) is 1. The summed E-state index contributed by atoms with van der Waals surface area (Å²) in [7, 11) is 1.41. The molecule has 2 aromatic carbocycles. The zero-order valence-electron chi connectivity index (χ0n) is 15.1. The standard InChI is InChI=1S/C20H22ClNO4/c1-4-12-6-7-13(5-2)14(8-12)18(23)11-26-20(24)15-9-16(21)17(22)10-19(15)25-3/h6-10H,4-5,11,22H2,1-3H3. The molecule has 0 spiro atoms. The molecule has 2 N–H and O–H groups in total. The Bertz CT molecular complexity index is 833. The maximum absolute atomic E-state index is 12.5. The van der Waals surface area contributed by atoms with Crippen LogP contribution in [0.15, 0.2) is 30.3 Å². The molecule has 2 rings (SSSR count). The average molecular weight is 376 g/mol. The predicted octanol–water partition coefficient (Wildman–Crippen LogP) is 4.10. The number of ketones is 1. The van der Waals surface area contributed by atoms with E-state index in [4.69, 9.17) is 26.8 Å². The number of hydrogen-bond donors (Lipinski definition) is 1. The maximum Gasteiger partial charge on any atom is 0.342 e. The van der Waals surface area contributed by atoms with E-state index in [1.54, 1.807) is 0 Å². The smallest absolute Gasteiger partial charge is 0.342 e. The van der Waals surface area contributed by atoms with E-state index in [-0.39, 0.29) is 28.7 Å². The molecule has 6 heteroatoms. The highest BCUT2D eigenvalue weighted by molar-refractivity contribution is 6.33. The third-order valence-corrected chi connectivity index (χ3v) is 4.46. The second-order valence-corrected chi connectivity index (χ2v) is 6.18. The van der Waals surface area contributed by atoms with Crippen molar-refractivity contribution < 1.29 is 19.1 Å². The van der Waals surface area contributed by atoms with Crippen molar-refractivity contribution >= 4 is 29.0 Å². The van der Waals surface area contributed by atoms with Crippen LogP contribution >= 0.6 is 11.6 Å². The van der Waals surface area contributed by atoms with Crippen LogP contribution in [0.1, 0.15) is 45.7 Å². The topological polar surface area (TPSA) is 78.6 Å². The van der Waals surface area contributed by atoms with Gasteiger partial charge in [0, 0.05) is 11.6 Å². The number of esters is 1. The van der Waals surface area contributed by atoms with Gasteiger partial charge in [0.05, 0.1) is 17.8 Å². The third-order valence-electron chi connectivity index (χ3n) is 4.14. The molecule has 0 aliphatic carbocycles. The van der Waals surface area contributed by atoms with E-state index < -0.39 is 5.97 Å². The van der Waals surface area contributed by atoms with Crippen molar-refractivity contribution in [2.45, 2.75) is 26.7 Å². The van der Waals surface area contributed by atoms with Crippen molar-refractivity contribution in [1.82, 2.24) is 0 Å². The van der Waals surface area contributed by atoms with E-state index in [9.17, 15) is 9.59 Å². The molecule has 0 aliphatic heterocycles. The van der Waals surface area contributed by atoms with E-state index in [1.165, 1.54) is 19.2 Å². The van der Waals surface area contributed by atoms with Crippen molar-refractivity contribution in [3.63, 3.8) is 0 Å². The fourth-order valence-electron chi connectivity index (χ4n) is 2.60. The lowest BCUT2D eigenvalue weighted by atomic mass is 9.98. The SMILES string of the molecule is CCc1ccc(CC)c(C(=O)COC(=O)c2cc(Cl)c(N)cc2OC)c1. The number of rotatable bonds is 7. The van der Waals surface area contributed by atoms with E-state index in [1.807, 2.05) is 32.0 Å². The number of Topliss-reactive ketones (excluding diaryl/α,β-unsaturated/α-hetero) is 1. The molecule has 0 unspecified atom stereocenters. The van der Waals surface area contributed by atoms with Gasteiger partial charge in [-0.15, -0.1) is 0 Å². The first-order chi connectivity index (χ1) is 12.4. The summed E-state index contributed by atoms with van der Waals surface area (Å²) in [6.45, 7) is 3.64. The second kappa shape index (κ2) is 8.72. The normalized spacial score (nSPS) is 10.5. The van der Waals surface area contributed by atoms with E-state index in [0.29, 0.717) is 11.3 Å². The Morgan fingerprint density at radius 3 is 2.42 bits per heavy atom. The van der Waals surface area contributed by atoms with Crippen molar-refractivity contribution in [3.05, 3.63) is 57.6 Å². The maximum atomic E-state index is 12.5. The Labute approximate surface area is 158 Å². The van der Waals surface area contributed by atoms with Crippen LogP contribution in [0.4, 0.5) is 5.69 Å². The van der Waals surface area contributed by atoms with Crippen molar-refractivity contribution in [1.29, 1.82) is 0 Å². The third kappa shape index (κ3) is 4.35. The van der Waals surface area contributed by atoms with Gasteiger partial charge >= 0.3 is 5.97 Å². The van der Waals surface area contributed by atoms with Crippen LogP contribution < -0.4 is 10.5 Å². The quantitative estimate of drug-likeness (QED) is 0.448. The van der Waals surface area contributed by atoms with Crippen LogP contribution in [-0.4, -0.2) is 25.5 Å². The molecule has 0 amide bonds. The molecule has 0 saturated carbocycles. The van der Waals surface area contributed by atoms with E-state index >= 15 is 0 Å². The summed E-state index contributed by atoms with van der Waals surface area (Å²) < 4.78 is 10.3. The molecule has 0 heterocycles. The molecular formula is C20H22ClNO4. The van der Waals surface area contributed by atoms with Crippen molar-refractivity contribution in [2.24, 2.45) is 0 Å². The molecule has 26 heavy (non-hydrogen) atoms. The van der Waals surface area contributed by atoms with Crippen molar-refractivity contribution in [3.8, 4) is 5.75 Å². The minimum Gasteiger partial charge on any atom is -0.496 e. The van der Waals surface area contributed by atoms with Gasteiger partial charge in [-0.25, -0.2) is 4.79 Å². The highest BCUT2D eigenvalue weighted by atomic mass is 35.5. The van der Waals surface area contributed by atoms with Gasteiger partial charge in [-0.05, 0) is 36.1 Å². The number of carbonyl (C=O) groups is 2. The molecule has 0 fully saturated rings. The van der Waals surface area contributed by atoms with Crippen LogP contribution in [0.5, 0.6) is 5.75 Å². The molecule has 0 aromatic heterocycles. The number of ether oxygens (including phenoxy) is 2. The number of benzene rings is 2. The number of aryl methyl sites for hydroxylation is 2. The molecule has 0 saturated heterocycles. The fourth-order valence-corrected chi connectivity index (χ4v) is 2.76. The molecule has 0 radical (unpaired) electrons. The number of halogens is 1. The van der Waals surface area contributed by atoms with Gasteiger partial charge in [-0.3, -0.25) is 4.79 Å². The first-order valence-corrected chi connectivity index (χ1v) is 8.74. The summed E-state index contributed by atoms with van der Waals surface area (Å²) in [5.74, 6) is -0.695. The van der Waals surface area contributed by atoms with Gasteiger partial charge < -0.3 is 15.2 Å². The molecule has 2 aromatic rings. The highest BCUT2D eigenvalue weighted by Gasteiger charge is 2.19. The number of hydrogen-bond acceptors (Lipinski definition) is 5. The molecule has 138 valence electrons. The van der Waals surface area contributed by atoms with Gasteiger partial charge in [-0.2, -0.15) is 0 Å². The summed E-state index contributed by atoms with van der Waals surface area (Å²) in [6.07, 6.45) is 1.55. The van der Waals surface area contributed by atoms with Crippen LogP contribution in [0.2, 0.25) is 5.02 Å². The monoisotopic (exact) mass is 375 g/mol. The first-order valence-electron chi connectivity index (χ1n) is 8.36. The first kappa shape index (κ1) is 19.8. The van der Waals surface area contributed by atoms with Crippen LogP contribution in [0, 0.1) is 0 Å². The number of carbonyl (C=O) groups excluding carboxylic acids is 2. The number of methoxy groups -OCH3 is 1. The number of anilines is 1. The lowest BCUT2D eigenvalue weighted by Crippen LogP contribution is -2.16. The average Bonchev–Trinajstić information content (AvgIpc) is 2.66. The molecule has 0 atom stereocenters. The minimum atomic E-state index is -0.693. The zero-order valence-corrected chi connectivity index (χ0v) is 15.9. The van der Waals surface area contributed by atoms with Gasteiger partial charge in [0.15, 0.2) is 6.61 Å². The lowest BCUT2D eigenvalue weighted by molar-refractivity contribution is 0.0471. The van der Waals surface area contributed by atoms with Crippen LogP contribution in [-0.2, 0) is 17.6 Å². The van der Waals surface area contributed by atoms with E-state index in [0.717, 1.165) is 24.0 Å². The lowest BCUT2D eigenvalue weighted by Gasteiger charge is -2.12. The van der Waals surface area contributed by atoms with Crippen LogP contribution in [0.3, 0.4) is 0 Å². The Hall–Kier alpha value is -2.53. The number of nitrogen functional groups attached to an aromatic ring is 1. The van der Waals surface area contributed by atoms with Crippen molar-refractivity contribution in [2.75, 3.05) is 19.5 Å². The van der Waals surface area contributed by atoms with Gasteiger partial charge in [0.25, 0.3) is 0 Å². The summed E-state index contributed by atoms with van der Waals surface area (Å²) in [5, 5.41) is 0.216. The fraction of sp³-hybridized carbons (Fsp3) is 0.300. The molecule has 0 bridgehead atoms. The second-order valence-electron chi connectivity index (χ2n) is 5.77. The highest BCUT2D eigenvalue weighted by Crippen LogP contribution is 2.29. The minimum absolute atomic E-state index is 0.123. The summed E-state index contributed by atoms with van der Waals surface area (Å²) in [6, 6.07) is 8.62. The molecule has 0 aliphatic rings. The van der Waals surface area contributed by atoms with Gasteiger partial charge in [0.1, 0.15) is 11.3 Å². The Kier molecular flexibility index (Phi) is 6.64. The van der Waals surface area contributed by atoms with Gasteiger partial charge in [-0.1, -0.05) is 37.6 Å². The zero-order chi connectivity index (χ0) is 19.3. The van der Waals surface area contributed by atoms with Gasteiger partial charge in [0.2, 0.25) is 5.78 Å². The Balaban J connectivity index is 2.18. The summed E-state index contributed by atoms with van der Waals surface area (Å²) >= 11 is 5.96. The van der Waals surface area contributed by atoms with E-state index in [2.05, 4.69) is 0 Å². The predicted molar refractivity (Wildman–Crippen MR) is 102 cm³/mol. The summed E-state index contributed by atoms with van der Waals surface area (Å²) in [5.41, 5.74) is 8.69. The Morgan fingerprint density at radius 1 is 1.08 bits per heavy atom. The largest absolute Gasteiger partial charge is 0.496 e. The Morgan fingerprint density at radius 2 is 1.81 bits per heavy atom. The molecule has 5 nitrogen and oxygen atoms in total. The van der Waals surface area contributed by atoms with Crippen LogP contribution in [0.25, 0.3) is 0 Å².